The van der Waals surface area contributed by atoms with Gasteiger partial charge in [0.05, 0.1) is 0 Å². The fraction of sp³-hybridized carbons (Fsp3) is 0.308. The number of aromatic amines is 1. The standard InChI is InChI=1S/C13H15BrFN3/c1-2-16-12(8-13-17-3-4-18-13)9-5-10(14)7-11(15)6-9/h3-7,12,16H,2,8H2,1H3,(H,17,18). The fourth-order valence-electron chi connectivity index (χ4n) is 1.93. The molecule has 0 bridgehead atoms. The van der Waals surface area contributed by atoms with E-state index in [1.54, 1.807) is 18.5 Å². The van der Waals surface area contributed by atoms with Crippen molar-refractivity contribution < 1.29 is 4.39 Å². The van der Waals surface area contributed by atoms with Gasteiger partial charge in [-0.3, -0.25) is 0 Å². The van der Waals surface area contributed by atoms with E-state index in [9.17, 15) is 4.39 Å². The minimum Gasteiger partial charge on any atom is -0.349 e. The zero-order valence-electron chi connectivity index (χ0n) is 10.1. The number of H-pyrrole nitrogens is 1. The molecule has 1 heterocycles. The summed E-state index contributed by atoms with van der Waals surface area (Å²) in [6, 6.07) is 4.99. The molecule has 18 heavy (non-hydrogen) atoms. The SMILES string of the molecule is CCNC(Cc1ncc[nH]1)c1cc(F)cc(Br)c1. The van der Waals surface area contributed by atoms with Gasteiger partial charge in [-0.2, -0.15) is 0 Å². The molecule has 0 radical (unpaired) electrons. The highest BCUT2D eigenvalue weighted by Gasteiger charge is 2.14. The molecule has 96 valence electrons. The van der Waals surface area contributed by atoms with E-state index in [-0.39, 0.29) is 11.9 Å². The number of nitrogens with zero attached hydrogens (tertiary/aromatic N) is 1. The van der Waals surface area contributed by atoms with Crippen LogP contribution in [-0.4, -0.2) is 16.5 Å². The molecule has 0 aliphatic heterocycles. The highest BCUT2D eigenvalue weighted by Crippen LogP contribution is 2.22. The predicted octanol–water partition coefficient (Wildman–Crippen LogP) is 3.20. The summed E-state index contributed by atoms with van der Waals surface area (Å²) >= 11 is 3.32. The monoisotopic (exact) mass is 311 g/mol. The van der Waals surface area contributed by atoms with Gasteiger partial charge in [0.1, 0.15) is 11.6 Å². The topological polar surface area (TPSA) is 40.7 Å². The van der Waals surface area contributed by atoms with Crippen LogP contribution in [0.4, 0.5) is 4.39 Å². The van der Waals surface area contributed by atoms with Crippen molar-refractivity contribution in [1.82, 2.24) is 15.3 Å². The summed E-state index contributed by atoms with van der Waals surface area (Å²) < 4.78 is 14.2. The second-order valence-electron chi connectivity index (χ2n) is 4.05. The maximum absolute atomic E-state index is 13.4. The Balaban J connectivity index is 2.23. The van der Waals surface area contributed by atoms with Crippen molar-refractivity contribution in [3.8, 4) is 0 Å². The molecule has 0 spiro atoms. The van der Waals surface area contributed by atoms with Crippen LogP contribution in [0.2, 0.25) is 0 Å². The summed E-state index contributed by atoms with van der Waals surface area (Å²) in [5.74, 6) is 0.656. The zero-order valence-corrected chi connectivity index (χ0v) is 11.7. The number of halogens is 2. The third-order valence-corrected chi connectivity index (χ3v) is 3.15. The lowest BCUT2D eigenvalue weighted by Crippen LogP contribution is -2.23. The van der Waals surface area contributed by atoms with Crippen LogP contribution in [-0.2, 0) is 6.42 Å². The number of benzene rings is 1. The smallest absolute Gasteiger partial charge is 0.124 e. The van der Waals surface area contributed by atoms with Gasteiger partial charge in [0.2, 0.25) is 0 Å². The minimum atomic E-state index is -0.235. The molecule has 0 aliphatic rings. The van der Waals surface area contributed by atoms with Gasteiger partial charge in [-0.15, -0.1) is 0 Å². The Morgan fingerprint density at radius 2 is 2.28 bits per heavy atom. The Hall–Kier alpha value is -1.20. The first kappa shape index (κ1) is 13.2. The Morgan fingerprint density at radius 3 is 2.89 bits per heavy atom. The van der Waals surface area contributed by atoms with Crippen molar-refractivity contribution in [2.24, 2.45) is 0 Å². The first-order chi connectivity index (χ1) is 8.69. The highest BCUT2D eigenvalue weighted by atomic mass is 79.9. The van der Waals surface area contributed by atoms with Gasteiger partial charge in [-0.1, -0.05) is 22.9 Å². The van der Waals surface area contributed by atoms with Gasteiger partial charge in [0.25, 0.3) is 0 Å². The lowest BCUT2D eigenvalue weighted by molar-refractivity contribution is 0.532. The van der Waals surface area contributed by atoms with Crippen molar-refractivity contribution in [2.75, 3.05) is 6.54 Å². The average molecular weight is 312 g/mol. The molecule has 2 N–H and O–H groups in total. The summed E-state index contributed by atoms with van der Waals surface area (Å²) in [7, 11) is 0. The molecular formula is C13H15BrFN3. The van der Waals surface area contributed by atoms with Gasteiger partial charge in [0, 0.05) is 29.3 Å². The minimum absolute atomic E-state index is 0.0492. The lowest BCUT2D eigenvalue weighted by atomic mass is 10.0. The van der Waals surface area contributed by atoms with Gasteiger partial charge in [-0.25, -0.2) is 9.37 Å². The number of likely N-dealkylation sites (N-methyl/N-ethyl adjacent to an activating group) is 1. The van der Waals surface area contributed by atoms with E-state index >= 15 is 0 Å². The lowest BCUT2D eigenvalue weighted by Gasteiger charge is -2.17. The third-order valence-electron chi connectivity index (χ3n) is 2.69. The summed E-state index contributed by atoms with van der Waals surface area (Å²) in [5, 5.41) is 3.34. The quantitative estimate of drug-likeness (QED) is 0.890. The van der Waals surface area contributed by atoms with E-state index < -0.39 is 0 Å². The summed E-state index contributed by atoms with van der Waals surface area (Å²) in [5.41, 5.74) is 0.917. The van der Waals surface area contributed by atoms with Crippen LogP contribution in [0.1, 0.15) is 24.4 Å². The van der Waals surface area contributed by atoms with Gasteiger partial charge in [0.15, 0.2) is 0 Å². The van der Waals surface area contributed by atoms with E-state index in [0.717, 1.165) is 22.4 Å². The molecule has 0 saturated heterocycles. The van der Waals surface area contributed by atoms with Gasteiger partial charge < -0.3 is 10.3 Å². The molecule has 1 aromatic heterocycles. The largest absolute Gasteiger partial charge is 0.349 e. The van der Waals surface area contributed by atoms with E-state index in [4.69, 9.17) is 0 Å². The first-order valence-electron chi connectivity index (χ1n) is 5.86. The van der Waals surface area contributed by atoms with Crippen LogP contribution in [0.5, 0.6) is 0 Å². The van der Waals surface area contributed by atoms with E-state index in [0.29, 0.717) is 6.42 Å². The van der Waals surface area contributed by atoms with Crippen LogP contribution in [0.3, 0.4) is 0 Å². The normalized spacial score (nSPS) is 12.6. The molecule has 0 amide bonds. The van der Waals surface area contributed by atoms with Crippen molar-refractivity contribution in [3.63, 3.8) is 0 Å². The third kappa shape index (κ3) is 3.40. The van der Waals surface area contributed by atoms with Gasteiger partial charge >= 0.3 is 0 Å². The van der Waals surface area contributed by atoms with E-state index in [1.165, 1.54) is 6.07 Å². The van der Waals surface area contributed by atoms with Crippen LogP contribution >= 0.6 is 15.9 Å². The van der Waals surface area contributed by atoms with Crippen LogP contribution in [0, 0.1) is 5.82 Å². The number of imidazole rings is 1. The maximum Gasteiger partial charge on any atom is 0.124 e. The Bertz CT molecular complexity index is 479. The number of aromatic nitrogens is 2. The van der Waals surface area contributed by atoms with E-state index in [1.807, 2.05) is 13.0 Å². The highest BCUT2D eigenvalue weighted by molar-refractivity contribution is 9.10. The van der Waals surface area contributed by atoms with Crippen molar-refractivity contribution >= 4 is 15.9 Å². The predicted molar refractivity (Wildman–Crippen MR) is 72.8 cm³/mol. The van der Waals surface area contributed by atoms with Gasteiger partial charge in [-0.05, 0) is 30.3 Å². The van der Waals surface area contributed by atoms with Crippen molar-refractivity contribution in [1.29, 1.82) is 0 Å². The maximum atomic E-state index is 13.4. The molecule has 1 aromatic carbocycles. The van der Waals surface area contributed by atoms with Crippen LogP contribution < -0.4 is 5.32 Å². The average Bonchev–Trinajstić information content (AvgIpc) is 2.80. The summed E-state index contributed by atoms with van der Waals surface area (Å²) in [4.78, 5) is 7.28. The second kappa shape index (κ2) is 6.11. The van der Waals surface area contributed by atoms with Crippen molar-refractivity contribution in [2.45, 2.75) is 19.4 Å². The Labute approximate surface area is 114 Å². The zero-order chi connectivity index (χ0) is 13.0. The summed E-state index contributed by atoms with van der Waals surface area (Å²) in [6.45, 7) is 2.85. The van der Waals surface area contributed by atoms with Crippen molar-refractivity contribution in [3.05, 3.63) is 52.3 Å². The first-order valence-corrected chi connectivity index (χ1v) is 6.66. The molecule has 5 heteroatoms. The molecule has 0 saturated carbocycles. The Kier molecular flexibility index (Phi) is 4.49. The Morgan fingerprint density at radius 1 is 1.44 bits per heavy atom. The molecular weight excluding hydrogens is 297 g/mol. The second-order valence-corrected chi connectivity index (χ2v) is 4.97. The van der Waals surface area contributed by atoms with Crippen LogP contribution in [0.15, 0.2) is 35.1 Å². The summed E-state index contributed by atoms with van der Waals surface area (Å²) in [6.07, 6.45) is 4.22. The molecule has 2 aromatic rings. The molecule has 1 atom stereocenters. The number of hydrogen-bond donors (Lipinski definition) is 2. The number of nitrogens with one attached hydrogen (secondary N) is 2. The fourth-order valence-corrected chi connectivity index (χ4v) is 2.42. The number of hydrogen-bond acceptors (Lipinski definition) is 2. The molecule has 1 unspecified atom stereocenters. The van der Waals surface area contributed by atoms with Crippen LogP contribution in [0.25, 0.3) is 0 Å². The molecule has 2 rings (SSSR count). The molecule has 3 nitrogen and oxygen atoms in total. The van der Waals surface area contributed by atoms with E-state index in [2.05, 4.69) is 31.2 Å². The number of rotatable bonds is 5. The molecule has 0 aliphatic carbocycles. The molecule has 0 fully saturated rings.